The molecule has 594 valence electrons. The summed E-state index contributed by atoms with van der Waals surface area (Å²) in [5.74, 6) is -1.34. The van der Waals surface area contributed by atoms with Crippen molar-refractivity contribution in [3.63, 3.8) is 0 Å². The number of rotatable bonds is 81. The second-order valence-electron chi connectivity index (χ2n) is 29.6. The molecule has 0 aliphatic heterocycles. The molecule has 17 nitrogen and oxygen atoms in total. The number of aliphatic hydroxyl groups excluding tert-OH is 1. The summed E-state index contributed by atoms with van der Waals surface area (Å²) in [5, 5.41) is 10.6. The van der Waals surface area contributed by atoms with Gasteiger partial charge in [-0.15, -0.1) is 0 Å². The minimum absolute atomic E-state index is 0.107. The van der Waals surface area contributed by atoms with E-state index in [1.165, 1.54) is 257 Å². The van der Waals surface area contributed by atoms with Crippen molar-refractivity contribution in [3.05, 3.63) is 0 Å². The lowest BCUT2D eigenvalue weighted by Crippen LogP contribution is -2.30. The van der Waals surface area contributed by atoms with E-state index in [4.69, 9.17) is 37.0 Å². The molecule has 5 atom stereocenters. The molecule has 0 aromatic heterocycles. The number of phosphoric acid groups is 2. The molecule has 0 radical (unpaired) electrons. The molecule has 0 aromatic rings. The summed E-state index contributed by atoms with van der Waals surface area (Å²) >= 11 is 0. The molecule has 2 unspecified atom stereocenters. The van der Waals surface area contributed by atoms with Crippen LogP contribution in [0.5, 0.6) is 0 Å². The fourth-order valence-electron chi connectivity index (χ4n) is 12.6. The van der Waals surface area contributed by atoms with Gasteiger partial charge in [0, 0.05) is 25.7 Å². The number of carbonyl (C=O) groups excluding carboxylic acids is 4. The second-order valence-corrected chi connectivity index (χ2v) is 32.5. The maximum atomic E-state index is 13.1. The Bertz CT molecular complexity index is 1910. The molecule has 0 amide bonds. The first-order valence-electron chi connectivity index (χ1n) is 42.1. The van der Waals surface area contributed by atoms with E-state index in [0.29, 0.717) is 25.7 Å². The van der Waals surface area contributed by atoms with Gasteiger partial charge in [-0.3, -0.25) is 37.3 Å². The third-order valence-corrected chi connectivity index (χ3v) is 20.9. The first-order valence-corrected chi connectivity index (χ1v) is 45.1. The normalized spacial score (nSPS) is 13.8. The number of esters is 4. The third kappa shape index (κ3) is 74.3. The van der Waals surface area contributed by atoms with Gasteiger partial charge < -0.3 is 33.8 Å². The highest BCUT2D eigenvalue weighted by atomic mass is 31.2. The topological polar surface area (TPSA) is 237 Å². The van der Waals surface area contributed by atoms with Crippen LogP contribution in [0.2, 0.25) is 0 Å². The highest BCUT2D eigenvalue weighted by Crippen LogP contribution is 2.45. The average molecular weight is 1470 g/mol. The largest absolute Gasteiger partial charge is 0.472 e. The lowest BCUT2D eigenvalue weighted by molar-refractivity contribution is -0.161. The summed E-state index contributed by atoms with van der Waals surface area (Å²) in [6, 6.07) is 0. The lowest BCUT2D eigenvalue weighted by atomic mass is 10.0. The van der Waals surface area contributed by atoms with Gasteiger partial charge in [-0.2, -0.15) is 0 Å². The number of hydrogen-bond donors (Lipinski definition) is 3. The highest BCUT2D eigenvalue weighted by molar-refractivity contribution is 7.47. The smallest absolute Gasteiger partial charge is 0.462 e. The van der Waals surface area contributed by atoms with Crippen molar-refractivity contribution in [2.45, 2.75) is 451 Å². The molecule has 100 heavy (non-hydrogen) atoms. The molecule has 0 aromatic carbocycles. The molecular weight excluding hydrogens is 1310 g/mol. The molecular formula is C81H158O17P2. The Balaban J connectivity index is 5.26. The van der Waals surface area contributed by atoms with Crippen LogP contribution < -0.4 is 0 Å². The Morgan fingerprint density at radius 1 is 0.270 bits per heavy atom. The zero-order valence-electron chi connectivity index (χ0n) is 65.3. The van der Waals surface area contributed by atoms with E-state index in [2.05, 4.69) is 34.6 Å². The molecule has 0 spiro atoms. The SMILES string of the molecule is CCCCCCCCCCCCCCCCCCCCC(=O)O[C@H](COC(=O)CCCCCCCCCCCCCCCCCC)COP(=O)(O)OC[C@@H](O)COP(=O)(O)OC[C@@H](COC(=O)CCCCCCCCCCCCCC)OC(=O)CCCCCCCCCCCCCC(C)C. The van der Waals surface area contributed by atoms with Gasteiger partial charge in [0.15, 0.2) is 12.2 Å². The minimum atomic E-state index is -4.96. The van der Waals surface area contributed by atoms with Crippen molar-refractivity contribution in [2.75, 3.05) is 39.6 Å². The summed E-state index contributed by atoms with van der Waals surface area (Å²) in [6.45, 7) is 7.34. The van der Waals surface area contributed by atoms with E-state index in [-0.39, 0.29) is 25.7 Å². The molecule has 3 N–H and O–H groups in total. The molecule has 0 heterocycles. The van der Waals surface area contributed by atoms with Crippen LogP contribution in [-0.4, -0.2) is 96.7 Å². The van der Waals surface area contributed by atoms with Crippen LogP contribution in [0.15, 0.2) is 0 Å². The van der Waals surface area contributed by atoms with Crippen LogP contribution in [0.25, 0.3) is 0 Å². The maximum Gasteiger partial charge on any atom is 0.472 e. The monoisotopic (exact) mass is 1470 g/mol. The Labute approximate surface area is 613 Å². The molecule has 0 aliphatic carbocycles. The van der Waals surface area contributed by atoms with E-state index in [1.54, 1.807) is 0 Å². The van der Waals surface area contributed by atoms with Gasteiger partial charge in [-0.1, -0.05) is 381 Å². The van der Waals surface area contributed by atoms with Gasteiger partial charge >= 0.3 is 39.5 Å². The molecule has 0 saturated heterocycles. The Hall–Kier alpha value is -1.94. The molecule has 0 bridgehead atoms. The van der Waals surface area contributed by atoms with Gasteiger partial charge in [0.2, 0.25) is 0 Å². The van der Waals surface area contributed by atoms with Gasteiger partial charge in [-0.05, 0) is 31.6 Å². The van der Waals surface area contributed by atoms with Crippen LogP contribution in [0.1, 0.15) is 433 Å². The summed E-state index contributed by atoms with van der Waals surface area (Å²) < 4.78 is 68.8. The first kappa shape index (κ1) is 98.1. The van der Waals surface area contributed by atoms with E-state index in [9.17, 15) is 43.2 Å². The Morgan fingerprint density at radius 2 is 0.460 bits per heavy atom. The molecule has 19 heteroatoms. The first-order chi connectivity index (χ1) is 48.5. The third-order valence-electron chi connectivity index (χ3n) is 19.0. The van der Waals surface area contributed by atoms with Crippen LogP contribution in [0, 0.1) is 5.92 Å². The second kappa shape index (κ2) is 73.9. The Morgan fingerprint density at radius 3 is 0.680 bits per heavy atom. The van der Waals surface area contributed by atoms with Crippen molar-refractivity contribution in [3.8, 4) is 0 Å². The van der Waals surface area contributed by atoms with Crippen LogP contribution >= 0.6 is 15.6 Å². The van der Waals surface area contributed by atoms with Crippen LogP contribution in [0.4, 0.5) is 0 Å². The highest BCUT2D eigenvalue weighted by Gasteiger charge is 2.30. The van der Waals surface area contributed by atoms with Crippen molar-refractivity contribution in [2.24, 2.45) is 5.92 Å². The van der Waals surface area contributed by atoms with E-state index < -0.39 is 97.5 Å². The molecule has 0 aliphatic rings. The van der Waals surface area contributed by atoms with Crippen molar-refractivity contribution >= 4 is 39.5 Å². The lowest BCUT2D eigenvalue weighted by Gasteiger charge is -2.21. The van der Waals surface area contributed by atoms with E-state index in [1.807, 2.05) is 0 Å². The number of phosphoric ester groups is 2. The number of ether oxygens (including phenoxy) is 4. The number of aliphatic hydroxyl groups is 1. The van der Waals surface area contributed by atoms with E-state index in [0.717, 1.165) is 95.8 Å². The fraction of sp³-hybridized carbons (Fsp3) is 0.951. The van der Waals surface area contributed by atoms with Gasteiger partial charge in [0.05, 0.1) is 26.4 Å². The summed E-state index contributed by atoms with van der Waals surface area (Å²) in [7, 11) is -9.92. The number of unbranched alkanes of at least 4 members (excludes halogenated alkanes) is 53. The fourth-order valence-corrected chi connectivity index (χ4v) is 14.2. The molecule has 0 fully saturated rings. The van der Waals surface area contributed by atoms with Gasteiger partial charge in [0.1, 0.15) is 19.3 Å². The predicted octanol–water partition coefficient (Wildman–Crippen LogP) is 24.4. The molecule has 0 rings (SSSR count). The maximum absolute atomic E-state index is 13.1. The van der Waals surface area contributed by atoms with Gasteiger partial charge in [0.25, 0.3) is 0 Å². The standard InChI is InChI=1S/C81H158O17P2/c1-6-9-12-15-18-21-24-27-29-31-32-34-36-41-46-51-56-61-66-80(85)97-76(71-92-79(84)65-60-55-50-45-40-35-33-30-28-25-22-19-16-13-10-7-2)72-95-99(87,88)93-68-75(82)69-94-100(89,90)96-73-77(70-91-78(83)64-59-54-49-44-39-26-23-20-17-14-11-8-3)98-81(86)67-62-57-52-47-42-37-38-43-48-53-58-63-74(4)5/h74-77,82H,6-73H2,1-5H3,(H,87,88)(H,89,90)/t75-,76-,77-/m1/s1. The van der Waals surface area contributed by atoms with Crippen molar-refractivity contribution < 1.29 is 80.2 Å². The predicted molar refractivity (Wildman–Crippen MR) is 409 cm³/mol. The zero-order chi connectivity index (χ0) is 73.4. The van der Waals surface area contributed by atoms with Crippen LogP contribution in [0.3, 0.4) is 0 Å². The number of hydrogen-bond acceptors (Lipinski definition) is 15. The summed E-state index contributed by atoms with van der Waals surface area (Å²) in [6.07, 6.45) is 65.1. The average Bonchev–Trinajstić information content (AvgIpc) is 0.933. The Kier molecular flexibility index (Phi) is 72.5. The summed E-state index contributed by atoms with van der Waals surface area (Å²) in [5.41, 5.74) is 0. The van der Waals surface area contributed by atoms with Gasteiger partial charge in [-0.25, -0.2) is 9.13 Å². The van der Waals surface area contributed by atoms with Crippen molar-refractivity contribution in [1.82, 2.24) is 0 Å². The minimum Gasteiger partial charge on any atom is -0.462 e. The number of carbonyl (C=O) groups is 4. The van der Waals surface area contributed by atoms with E-state index >= 15 is 0 Å². The van der Waals surface area contributed by atoms with Crippen molar-refractivity contribution in [1.29, 1.82) is 0 Å². The summed E-state index contributed by atoms with van der Waals surface area (Å²) in [4.78, 5) is 73.1. The quantitative estimate of drug-likeness (QED) is 0.0222. The van der Waals surface area contributed by atoms with Crippen LogP contribution in [-0.2, 0) is 65.4 Å². The zero-order valence-corrected chi connectivity index (χ0v) is 67.1. The molecule has 0 saturated carbocycles.